The highest BCUT2D eigenvalue weighted by Crippen LogP contribution is 2.36. The zero-order valence-electron chi connectivity index (χ0n) is 11.5. The summed E-state index contributed by atoms with van der Waals surface area (Å²) in [6.45, 7) is 2.68. The van der Waals surface area contributed by atoms with E-state index in [-0.39, 0.29) is 23.3 Å². The number of amides is 1. The summed E-state index contributed by atoms with van der Waals surface area (Å²) in [6, 6.07) is 3.39. The van der Waals surface area contributed by atoms with Gasteiger partial charge in [-0.05, 0) is 29.9 Å². The first-order valence-electron chi connectivity index (χ1n) is 6.81. The number of carboxylic acid groups (broad SMARTS) is 1. The third-order valence-corrected chi connectivity index (χ3v) is 4.80. The number of fused-ring (bicyclic) bond motifs is 1. The number of carbonyl (C=O) groups excluding carboxylic acids is 1. The molecular formula is C15H15NO4S. The van der Waals surface area contributed by atoms with E-state index < -0.39 is 5.97 Å². The minimum absolute atomic E-state index is 0.000342. The number of aromatic carboxylic acids is 1. The van der Waals surface area contributed by atoms with E-state index in [9.17, 15) is 9.59 Å². The number of furan rings is 1. The van der Waals surface area contributed by atoms with Crippen molar-refractivity contribution in [3.63, 3.8) is 0 Å². The van der Waals surface area contributed by atoms with Crippen LogP contribution in [-0.2, 0) is 6.42 Å². The van der Waals surface area contributed by atoms with Crippen molar-refractivity contribution in [3.05, 3.63) is 45.5 Å². The number of rotatable bonds is 3. The minimum atomic E-state index is -1.09. The molecule has 0 fully saturated rings. The molecule has 1 N–H and O–H groups in total. The maximum atomic E-state index is 12.6. The van der Waals surface area contributed by atoms with Crippen molar-refractivity contribution in [2.45, 2.75) is 25.8 Å². The summed E-state index contributed by atoms with van der Waals surface area (Å²) in [7, 11) is 0. The van der Waals surface area contributed by atoms with Crippen molar-refractivity contribution in [2.24, 2.45) is 0 Å². The van der Waals surface area contributed by atoms with E-state index in [1.165, 1.54) is 16.5 Å². The largest absolute Gasteiger partial charge is 0.478 e. The van der Waals surface area contributed by atoms with Gasteiger partial charge in [0.1, 0.15) is 6.26 Å². The number of hydrogen-bond donors (Lipinski definition) is 1. The highest BCUT2D eigenvalue weighted by molar-refractivity contribution is 7.10. The molecule has 0 saturated heterocycles. The third-order valence-electron chi connectivity index (χ3n) is 3.80. The Hall–Kier alpha value is -2.08. The number of carbonyl (C=O) groups is 2. The average molecular weight is 305 g/mol. The summed E-state index contributed by atoms with van der Waals surface area (Å²) < 4.78 is 5.13. The first-order chi connectivity index (χ1) is 10.1. The molecule has 0 aromatic carbocycles. The molecule has 0 unspecified atom stereocenters. The van der Waals surface area contributed by atoms with Crippen molar-refractivity contribution >= 4 is 23.2 Å². The van der Waals surface area contributed by atoms with Crippen LogP contribution in [0.25, 0.3) is 0 Å². The van der Waals surface area contributed by atoms with Crippen molar-refractivity contribution in [2.75, 3.05) is 6.54 Å². The topological polar surface area (TPSA) is 70.8 Å². The van der Waals surface area contributed by atoms with Gasteiger partial charge in [-0.15, -0.1) is 11.3 Å². The molecule has 6 heteroatoms. The molecule has 5 nitrogen and oxygen atoms in total. The van der Waals surface area contributed by atoms with E-state index in [0.29, 0.717) is 6.54 Å². The van der Waals surface area contributed by atoms with Gasteiger partial charge in [-0.2, -0.15) is 0 Å². The van der Waals surface area contributed by atoms with Crippen LogP contribution in [0, 0.1) is 0 Å². The Morgan fingerprint density at radius 1 is 1.52 bits per heavy atom. The zero-order valence-corrected chi connectivity index (χ0v) is 12.4. The Morgan fingerprint density at radius 3 is 3.00 bits per heavy atom. The lowest BCUT2D eigenvalue weighted by atomic mass is 9.97. The summed E-state index contributed by atoms with van der Waals surface area (Å²) in [5, 5.41) is 11.0. The molecule has 3 heterocycles. The smallest absolute Gasteiger partial charge is 0.338 e. The molecule has 1 aliphatic heterocycles. The molecular weight excluding hydrogens is 290 g/mol. The lowest BCUT2D eigenvalue weighted by Crippen LogP contribution is -2.39. The standard InChI is InChI=1S/C15H15NO4S/c1-2-11-10-4-6-21-13(10)3-5-16(11)14(17)12-7-9(8-20-12)15(18)19/h4,6-8,11H,2-3,5H2,1H3,(H,18,19)/t11-/m1/s1. The fourth-order valence-corrected chi connectivity index (χ4v) is 3.71. The van der Waals surface area contributed by atoms with Crippen molar-refractivity contribution in [3.8, 4) is 0 Å². The Kier molecular flexibility index (Phi) is 3.55. The quantitative estimate of drug-likeness (QED) is 0.945. The molecule has 3 rings (SSSR count). The molecule has 0 saturated carbocycles. The van der Waals surface area contributed by atoms with Crippen molar-refractivity contribution < 1.29 is 19.1 Å². The van der Waals surface area contributed by atoms with Crippen LogP contribution in [0.2, 0.25) is 0 Å². The molecule has 1 aliphatic rings. The summed E-state index contributed by atoms with van der Waals surface area (Å²) in [6.07, 6.45) is 2.76. The normalized spacial score (nSPS) is 17.6. The molecule has 0 radical (unpaired) electrons. The van der Waals surface area contributed by atoms with Crippen LogP contribution < -0.4 is 0 Å². The molecule has 2 aromatic rings. The van der Waals surface area contributed by atoms with Gasteiger partial charge in [0.25, 0.3) is 5.91 Å². The summed E-state index contributed by atoms with van der Waals surface area (Å²) >= 11 is 1.72. The van der Waals surface area contributed by atoms with E-state index in [0.717, 1.165) is 19.1 Å². The van der Waals surface area contributed by atoms with Crippen LogP contribution in [0.5, 0.6) is 0 Å². The second kappa shape index (κ2) is 5.37. The number of hydrogen-bond acceptors (Lipinski definition) is 4. The second-order valence-electron chi connectivity index (χ2n) is 4.98. The van der Waals surface area contributed by atoms with Crippen LogP contribution in [0.1, 0.15) is 50.7 Å². The highest BCUT2D eigenvalue weighted by atomic mass is 32.1. The molecule has 1 atom stereocenters. The second-order valence-corrected chi connectivity index (χ2v) is 5.98. The molecule has 2 aromatic heterocycles. The number of carboxylic acids is 1. The summed E-state index contributed by atoms with van der Waals surface area (Å²) in [4.78, 5) is 26.6. The van der Waals surface area contributed by atoms with Gasteiger partial charge in [0, 0.05) is 17.5 Å². The van der Waals surface area contributed by atoms with Crippen molar-refractivity contribution in [1.29, 1.82) is 0 Å². The fourth-order valence-electron chi connectivity index (χ4n) is 2.78. The fraction of sp³-hybridized carbons (Fsp3) is 0.333. The highest BCUT2D eigenvalue weighted by Gasteiger charge is 2.32. The Morgan fingerprint density at radius 2 is 2.33 bits per heavy atom. The molecule has 1 amide bonds. The van der Waals surface area contributed by atoms with Gasteiger partial charge in [-0.1, -0.05) is 6.92 Å². The van der Waals surface area contributed by atoms with Gasteiger partial charge >= 0.3 is 5.97 Å². The van der Waals surface area contributed by atoms with Crippen LogP contribution in [0.3, 0.4) is 0 Å². The number of nitrogens with zero attached hydrogens (tertiary/aromatic N) is 1. The first-order valence-corrected chi connectivity index (χ1v) is 7.68. The first kappa shape index (κ1) is 13.9. The predicted octanol–water partition coefficient (Wildman–Crippen LogP) is 3.19. The van der Waals surface area contributed by atoms with Gasteiger partial charge in [0.15, 0.2) is 5.76 Å². The van der Waals surface area contributed by atoms with E-state index >= 15 is 0 Å². The van der Waals surface area contributed by atoms with E-state index in [4.69, 9.17) is 9.52 Å². The van der Waals surface area contributed by atoms with Crippen LogP contribution >= 0.6 is 11.3 Å². The van der Waals surface area contributed by atoms with Gasteiger partial charge < -0.3 is 14.4 Å². The number of thiophene rings is 1. The monoisotopic (exact) mass is 305 g/mol. The van der Waals surface area contributed by atoms with Crippen LogP contribution in [0.15, 0.2) is 28.2 Å². The molecule has 0 bridgehead atoms. The Labute approximate surface area is 125 Å². The van der Waals surface area contributed by atoms with E-state index in [2.05, 4.69) is 11.4 Å². The van der Waals surface area contributed by atoms with Crippen LogP contribution in [0.4, 0.5) is 0 Å². The maximum Gasteiger partial charge on any atom is 0.338 e. The SMILES string of the molecule is CC[C@@H]1c2ccsc2CCN1C(=O)c1cc(C(=O)O)co1. The van der Waals surface area contributed by atoms with Gasteiger partial charge in [0.05, 0.1) is 11.6 Å². The summed E-state index contributed by atoms with van der Waals surface area (Å²) in [5.41, 5.74) is 1.20. The third kappa shape index (κ3) is 2.35. The summed E-state index contributed by atoms with van der Waals surface area (Å²) in [5.74, 6) is -1.25. The van der Waals surface area contributed by atoms with E-state index in [1.807, 2.05) is 6.92 Å². The van der Waals surface area contributed by atoms with Gasteiger partial charge in [-0.3, -0.25) is 4.79 Å². The Bertz CT molecular complexity index is 687. The lowest BCUT2D eigenvalue weighted by Gasteiger charge is -2.34. The lowest BCUT2D eigenvalue weighted by molar-refractivity contribution is 0.0623. The van der Waals surface area contributed by atoms with Gasteiger partial charge in [0.2, 0.25) is 0 Å². The molecule has 0 aliphatic carbocycles. The molecule has 21 heavy (non-hydrogen) atoms. The van der Waals surface area contributed by atoms with Crippen LogP contribution in [-0.4, -0.2) is 28.4 Å². The molecule has 110 valence electrons. The van der Waals surface area contributed by atoms with Crippen molar-refractivity contribution in [1.82, 2.24) is 4.90 Å². The maximum absolute atomic E-state index is 12.6. The Balaban J connectivity index is 1.89. The zero-order chi connectivity index (χ0) is 15.0. The minimum Gasteiger partial charge on any atom is -0.478 e. The predicted molar refractivity (Wildman–Crippen MR) is 77.8 cm³/mol. The average Bonchev–Trinajstić information content (AvgIpc) is 3.13. The van der Waals surface area contributed by atoms with Gasteiger partial charge in [-0.25, -0.2) is 4.79 Å². The van der Waals surface area contributed by atoms with E-state index in [1.54, 1.807) is 16.2 Å². The molecule has 0 spiro atoms.